The molecule has 0 bridgehead atoms. The summed E-state index contributed by atoms with van der Waals surface area (Å²) in [6.07, 6.45) is 6.30. The molecule has 1 aliphatic carbocycles. The molecule has 1 heterocycles. The lowest BCUT2D eigenvalue weighted by Gasteiger charge is -2.26. The van der Waals surface area contributed by atoms with Gasteiger partial charge in [0.1, 0.15) is 11.6 Å². The van der Waals surface area contributed by atoms with Crippen LogP contribution in [0.15, 0.2) is 0 Å². The van der Waals surface area contributed by atoms with Crippen molar-refractivity contribution in [3.8, 4) is 0 Å². The van der Waals surface area contributed by atoms with Gasteiger partial charge in [-0.2, -0.15) is 0 Å². The molecule has 2 unspecified atom stereocenters. The first-order valence-corrected chi connectivity index (χ1v) is 7.70. The number of nitrogens with one attached hydrogen (secondary N) is 1. The zero-order chi connectivity index (χ0) is 13.8. The molecule has 2 rings (SSSR count). The molecular formula is C16H27N3. The minimum Gasteiger partial charge on any atom is -0.370 e. The van der Waals surface area contributed by atoms with Gasteiger partial charge in [0.05, 0.1) is 0 Å². The Morgan fingerprint density at radius 2 is 2.00 bits per heavy atom. The second kappa shape index (κ2) is 6.36. The molecule has 0 aliphatic heterocycles. The normalized spacial score (nSPS) is 23.4. The van der Waals surface area contributed by atoms with Crippen LogP contribution in [0.2, 0.25) is 0 Å². The third-order valence-corrected chi connectivity index (χ3v) is 4.25. The molecule has 0 spiro atoms. The van der Waals surface area contributed by atoms with Crippen LogP contribution in [0.25, 0.3) is 0 Å². The van der Waals surface area contributed by atoms with Gasteiger partial charge in [-0.05, 0) is 39.0 Å². The fourth-order valence-corrected chi connectivity index (χ4v) is 2.92. The Bertz CT molecular complexity index is 428. The first-order chi connectivity index (χ1) is 9.11. The standard InChI is InChI=1S/C16H27N3/c1-5-9-17-15-12(3)13(4)18-16(19-15)14-8-6-7-11(2)10-14/h11,14H,5-10H2,1-4H3,(H,17,18,19). The summed E-state index contributed by atoms with van der Waals surface area (Å²) >= 11 is 0. The molecule has 1 aliphatic rings. The van der Waals surface area contributed by atoms with Gasteiger partial charge in [0.25, 0.3) is 0 Å². The van der Waals surface area contributed by atoms with Gasteiger partial charge >= 0.3 is 0 Å². The van der Waals surface area contributed by atoms with Crippen molar-refractivity contribution < 1.29 is 0 Å². The average molecular weight is 261 g/mol. The van der Waals surface area contributed by atoms with E-state index in [0.717, 1.165) is 36.2 Å². The maximum atomic E-state index is 4.81. The van der Waals surface area contributed by atoms with Crippen LogP contribution in [0.5, 0.6) is 0 Å². The SMILES string of the molecule is CCCNc1nc(C2CCCC(C)C2)nc(C)c1C. The van der Waals surface area contributed by atoms with Crippen molar-refractivity contribution in [1.82, 2.24) is 9.97 Å². The summed E-state index contributed by atoms with van der Waals surface area (Å²) in [6.45, 7) is 9.73. The van der Waals surface area contributed by atoms with Gasteiger partial charge in [0.2, 0.25) is 0 Å². The van der Waals surface area contributed by atoms with Gasteiger partial charge < -0.3 is 5.32 Å². The average Bonchev–Trinajstić information content (AvgIpc) is 2.40. The highest BCUT2D eigenvalue weighted by molar-refractivity contribution is 5.45. The predicted octanol–water partition coefficient (Wildman–Crippen LogP) is 4.21. The number of anilines is 1. The van der Waals surface area contributed by atoms with E-state index in [9.17, 15) is 0 Å². The largest absolute Gasteiger partial charge is 0.370 e. The number of aromatic nitrogens is 2. The number of hydrogen-bond acceptors (Lipinski definition) is 3. The molecule has 1 N–H and O–H groups in total. The third-order valence-electron chi connectivity index (χ3n) is 4.25. The Balaban J connectivity index is 2.22. The molecule has 1 aromatic heterocycles. The number of aryl methyl sites for hydroxylation is 1. The minimum absolute atomic E-state index is 0.560. The summed E-state index contributed by atoms with van der Waals surface area (Å²) in [5, 5.41) is 3.44. The number of rotatable bonds is 4. The summed E-state index contributed by atoms with van der Waals surface area (Å²) in [5.41, 5.74) is 2.32. The van der Waals surface area contributed by atoms with Crippen LogP contribution >= 0.6 is 0 Å². The van der Waals surface area contributed by atoms with E-state index < -0.39 is 0 Å². The van der Waals surface area contributed by atoms with Crippen LogP contribution in [0.3, 0.4) is 0 Å². The smallest absolute Gasteiger partial charge is 0.134 e. The van der Waals surface area contributed by atoms with Crippen molar-refractivity contribution in [2.45, 2.75) is 65.7 Å². The molecule has 1 saturated carbocycles. The molecule has 3 heteroatoms. The molecule has 106 valence electrons. The molecule has 19 heavy (non-hydrogen) atoms. The lowest BCUT2D eigenvalue weighted by Crippen LogP contribution is -2.17. The van der Waals surface area contributed by atoms with Gasteiger partial charge in [-0.25, -0.2) is 9.97 Å². The van der Waals surface area contributed by atoms with Crippen LogP contribution in [0.4, 0.5) is 5.82 Å². The topological polar surface area (TPSA) is 37.8 Å². The Labute approximate surface area is 117 Å². The first-order valence-electron chi connectivity index (χ1n) is 7.70. The van der Waals surface area contributed by atoms with Crippen molar-refractivity contribution in [1.29, 1.82) is 0 Å². The minimum atomic E-state index is 0.560. The summed E-state index contributed by atoms with van der Waals surface area (Å²) < 4.78 is 0. The number of hydrogen-bond donors (Lipinski definition) is 1. The van der Waals surface area contributed by atoms with E-state index in [2.05, 4.69) is 33.0 Å². The molecule has 0 saturated heterocycles. The van der Waals surface area contributed by atoms with Crippen molar-refractivity contribution in [2.24, 2.45) is 5.92 Å². The van der Waals surface area contributed by atoms with Gasteiger partial charge in [0.15, 0.2) is 0 Å². The summed E-state index contributed by atoms with van der Waals surface area (Å²) in [5.74, 6) is 3.48. The maximum Gasteiger partial charge on any atom is 0.134 e. The van der Waals surface area contributed by atoms with Gasteiger partial charge in [-0.3, -0.25) is 0 Å². The molecular weight excluding hydrogens is 234 g/mol. The van der Waals surface area contributed by atoms with Crippen LogP contribution in [-0.2, 0) is 0 Å². The van der Waals surface area contributed by atoms with Crippen molar-refractivity contribution in [3.05, 3.63) is 17.1 Å². The van der Waals surface area contributed by atoms with E-state index >= 15 is 0 Å². The van der Waals surface area contributed by atoms with Crippen molar-refractivity contribution in [2.75, 3.05) is 11.9 Å². The second-order valence-electron chi connectivity index (χ2n) is 6.04. The highest BCUT2D eigenvalue weighted by Crippen LogP contribution is 2.35. The van der Waals surface area contributed by atoms with Gasteiger partial charge in [-0.1, -0.05) is 26.7 Å². The molecule has 0 aromatic carbocycles. The Hall–Kier alpha value is -1.12. The van der Waals surface area contributed by atoms with E-state index in [1.54, 1.807) is 0 Å². The molecule has 1 aromatic rings. The quantitative estimate of drug-likeness (QED) is 0.882. The zero-order valence-corrected chi connectivity index (χ0v) is 12.8. The van der Waals surface area contributed by atoms with E-state index in [-0.39, 0.29) is 0 Å². The molecule has 0 radical (unpaired) electrons. The molecule has 2 atom stereocenters. The maximum absolute atomic E-state index is 4.81. The van der Waals surface area contributed by atoms with Crippen molar-refractivity contribution >= 4 is 5.82 Å². The molecule has 1 fully saturated rings. The van der Waals surface area contributed by atoms with Gasteiger partial charge in [0, 0.05) is 23.7 Å². The van der Waals surface area contributed by atoms with Gasteiger partial charge in [-0.15, -0.1) is 0 Å². The number of nitrogens with zero attached hydrogens (tertiary/aromatic N) is 2. The highest BCUT2D eigenvalue weighted by Gasteiger charge is 2.23. The Kier molecular flexibility index (Phi) is 4.78. The monoisotopic (exact) mass is 261 g/mol. The highest BCUT2D eigenvalue weighted by atomic mass is 15.0. The second-order valence-corrected chi connectivity index (χ2v) is 6.04. The van der Waals surface area contributed by atoms with E-state index in [1.807, 2.05) is 0 Å². The van der Waals surface area contributed by atoms with Crippen LogP contribution in [0, 0.1) is 19.8 Å². The van der Waals surface area contributed by atoms with E-state index in [0.29, 0.717) is 5.92 Å². The van der Waals surface area contributed by atoms with E-state index in [4.69, 9.17) is 9.97 Å². The zero-order valence-electron chi connectivity index (χ0n) is 12.8. The van der Waals surface area contributed by atoms with Crippen molar-refractivity contribution in [3.63, 3.8) is 0 Å². The molecule has 0 amide bonds. The van der Waals surface area contributed by atoms with Crippen LogP contribution < -0.4 is 5.32 Å². The lowest BCUT2D eigenvalue weighted by molar-refractivity contribution is 0.335. The van der Waals surface area contributed by atoms with Crippen LogP contribution in [0.1, 0.15) is 69.0 Å². The fraction of sp³-hybridized carbons (Fsp3) is 0.750. The van der Waals surface area contributed by atoms with E-state index in [1.165, 1.54) is 31.2 Å². The Morgan fingerprint density at radius 3 is 2.68 bits per heavy atom. The lowest BCUT2D eigenvalue weighted by atomic mass is 9.82. The summed E-state index contributed by atoms with van der Waals surface area (Å²) in [6, 6.07) is 0. The summed E-state index contributed by atoms with van der Waals surface area (Å²) in [7, 11) is 0. The predicted molar refractivity (Wildman–Crippen MR) is 80.7 cm³/mol. The third kappa shape index (κ3) is 3.46. The fourth-order valence-electron chi connectivity index (χ4n) is 2.92. The van der Waals surface area contributed by atoms with Crippen LogP contribution in [-0.4, -0.2) is 16.5 Å². The molecule has 3 nitrogen and oxygen atoms in total. The Morgan fingerprint density at radius 1 is 1.21 bits per heavy atom. The first kappa shape index (κ1) is 14.3. The summed E-state index contributed by atoms with van der Waals surface area (Å²) in [4.78, 5) is 9.55.